The Morgan fingerprint density at radius 3 is 1.56 bits per heavy atom. The van der Waals surface area contributed by atoms with Crippen LogP contribution in [0.2, 0.25) is 0 Å². The molecule has 0 aromatic rings. The van der Waals surface area contributed by atoms with Gasteiger partial charge in [-0.1, -0.05) is 0 Å². The Hall–Kier alpha value is 0.540. The molecule has 1 nitrogen and oxygen atoms in total. The minimum absolute atomic E-state index is 0. The lowest BCUT2D eigenvalue weighted by Crippen LogP contribution is -2.31. The molecule has 0 N–H and O–H groups in total. The summed E-state index contributed by atoms with van der Waals surface area (Å²) in [6.45, 7) is 4.11. The maximum atomic E-state index is 5.78. The highest BCUT2D eigenvalue weighted by Crippen LogP contribution is 2.04. The summed E-state index contributed by atoms with van der Waals surface area (Å²) in [6, 6.07) is 0.469. The lowest BCUT2D eigenvalue weighted by molar-refractivity contribution is 0.310. The lowest BCUT2D eigenvalue weighted by Gasteiger charge is -2.21. The average molecular weight is 172 g/mol. The Morgan fingerprint density at radius 1 is 1.22 bits per heavy atom. The first kappa shape index (κ1) is 12.2. The van der Waals surface area contributed by atoms with Crippen LogP contribution < -0.4 is 0 Å². The van der Waals surface area contributed by atoms with Crippen molar-refractivity contribution >= 4 is 24.0 Å². The molecule has 0 fully saturated rings. The van der Waals surface area contributed by atoms with E-state index in [1.807, 2.05) is 21.0 Å². The minimum Gasteiger partial charge on any atom is -0.305 e. The van der Waals surface area contributed by atoms with E-state index in [0.29, 0.717) is 6.04 Å². The highest BCUT2D eigenvalue weighted by molar-refractivity contribution is 6.20. The van der Waals surface area contributed by atoms with Crippen molar-refractivity contribution in [1.29, 1.82) is 0 Å². The van der Waals surface area contributed by atoms with Gasteiger partial charge in [-0.25, -0.2) is 0 Å². The maximum Gasteiger partial charge on any atom is 0.0460 e. The van der Waals surface area contributed by atoms with Crippen LogP contribution in [-0.4, -0.2) is 30.4 Å². The van der Waals surface area contributed by atoms with Crippen LogP contribution in [0.5, 0.6) is 0 Å². The molecule has 0 radical (unpaired) electrons. The van der Waals surface area contributed by atoms with E-state index in [-0.39, 0.29) is 17.8 Å². The number of halogens is 2. The Morgan fingerprint density at radius 2 is 1.56 bits per heavy atom. The van der Waals surface area contributed by atoms with Gasteiger partial charge in [0.1, 0.15) is 0 Å². The second-order valence-corrected chi connectivity index (χ2v) is 3.07. The highest BCUT2D eigenvalue weighted by Gasteiger charge is 2.09. The summed E-state index contributed by atoms with van der Waals surface area (Å²) in [5.41, 5.74) is 0. The molecule has 0 aliphatic carbocycles. The van der Waals surface area contributed by atoms with Crippen molar-refractivity contribution in [1.82, 2.24) is 4.90 Å². The number of alkyl halides is 1. The summed E-state index contributed by atoms with van der Waals surface area (Å²) < 4.78 is 0. The molecule has 0 aromatic carbocycles. The summed E-state index contributed by atoms with van der Waals surface area (Å²) in [5.74, 6) is 0. The third-order valence-corrected chi connectivity index (χ3v) is 1.84. The summed E-state index contributed by atoms with van der Waals surface area (Å²) in [5, 5.41) is 0.241. The molecule has 0 amide bonds. The Bertz CT molecular complexity index is 56.1. The summed E-state index contributed by atoms with van der Waals surface area (Å²) >= 11 is 5.78. The Balaban J connectivity index is 0. The molecule has 0 heterocycles. The monoisotopic (exact) mass is 171 g/mol. The quantitative estimate of drug-likeness (QED) is 0.575. The largest absolute Gasteiger partial charge is 0.305 e. The van der Waals surface area contributed by atoms with Gasteiger partial charge in [0, 0.05) is 11.4 Å². The first-order chi connectivity index (χ1) is 3.55. The smallest absolute Gasteiger partial charge is 0.0460 e. The van der Waals surface area contributed by atoms with Gasteiger partial charge in [-0.15, -0.1) is 24.0 Å². The van der Waals surface area contributed by atoms with Crippen molar-refractivity contribution in [3.63, 3.8) is 0 Å². The molecule has 58 valence electrons. The number of rotatable bonds is 2. The van der Waals surface area contributed by atoms with E-state index in [1.54, 1.807) is 0 Å². The normalized spacial score (nSPS) is 16.7. The fourth-order valence-electron chi connectivity index (χ4n) is 0.411. The second kappa shape index (κ2) is 5.33. The Kier molecular flexibility index (Phi) is 7.25. The van der Waals surface area contributed by atoms with E-state index in [9.17, 15) is 0 Å². The van der Waals surface area contributed by atoms with Crippen molar-refractivity contribution in [3.05, 3.63) is 0 Å². The van der Waals surface area contributed by atoms with Crippen LogP contribution in [0.25, 0.3) is 0 Å². The van der Waals surface area contributed by atoms with E-state index >= 15 is 0 Å². The van der Waals surface area contributed by atoms with Crippen molar-refractivity contribution < 1.29 is 0 Å². The third kappa shape index (κ3) is 5.01. The zero-order valence-electron chi connectivity index (χ0n) is 6.39. The maximum absolute atomic E-state index is 5.78. The van der Waals surface area contributed by atoms with E-state index < -0.39 is 0 Å². The third-order valence-electron chi connectivity index (χ3n) is 1.48. The van der Waals surface area contributed by atoms with Gasteiger partial charge in [0.25, 0.3) is 0 Å². The zero-order valence-corrected chi connectivity index (χ0v) is 7.96. The van der Waals surface area contributed by atoms with Crippen molar-refractivity contribution in [2.75, 3.05) is 14.1 Å². The molecular formula is C6H15Cl2N. The molecule has 0 aromatic heterocycles. The molecule has 0 saturated carbocycles. The Labute approximate surface area is 68.8 Å². The first-order valence-corrected chi connectivity index (χ1v) is 3.30. The molecule has 0 saturated heterocycles. The predicted molar refractivity (Wildman–Crippen MR) is 45.7 cm³/mol. The van der Waals surface area contributed by atoms with E-state index in [1.165, 1.54) is 0 Å². The average Bonchev–Trinajstić information content (AvgIpc) is 1.64. The standard InChI is InChI=1S/C6H14ClN.ClH/c1-5(7)6(2)8(3)4;/h5-6H,1-4H3;1H/t5-,6-;/m0./s1. The van der Waals surface area contributed by atoms with Gasteiger partial charge in [-0.05, 0) is 27.9 Å². The number of hydrogen-bond donors (Lipinski definition) is 0. The van der Waals surface area contributed by atoms with Gasteiger partial charge < -0.3 is 4.90 Å². The van der Waals surface area contributed by atoms with Gasteiger partial charge in [0.2, 0.25) is 0 Å². The second-order valence-electron chi connectivity index (χ2n) is 2.38. The number of nitrogens with zero attached hydrogens (tertiary/aromatic N) is 1. The SMILES string of the molecule is C[C@H](Cl)[C@H](C)N(C)C.Cl. The van der Waals surface area contributed by atoms with Crippen LogP contribution in [0.15, 0.2) is 0 Å². The zero-order chi connectivity index (χ0) is 6.73. The van der Waals surface area contributed by atoms with Crippen molar-refractivity contribution in [2.45, 2.75) is 25.3 Å². The van der Waals surface area contributed by atoms with E-state index in [0.717, 1.165) is 0 Å². The van der Waals surface area contributed by atoms with Crippen LogP contribution in [0, 0.1) is 0 Å². The molecule has 0 unspecified atom stereocenters. The minimum atomic E-state index is 0. The highest BCUT2D eigenvalue weighted by atomic mass is 35.5. The fraction of sp³-hybridized carbons (Fsp3) is 1.00. The first-order valence-electron chi connectivity index (χ1n) is 2.86. The van der Waals surface area contributed by atoms with Crippen LogP contribution in [0.1, 0.15) is 13.8 Å². The molecule has 0 rings (SSSR count). The van der Waals surface area contributed by atoms with Crippen LogP contribution in [0.4, 0.5) is 0 Å². The summed E-state index contributed by atoms with van der Waals surface area (Å²) in [6.07, 6.45) is 0. The van der Waals surface area contributed by atoms with Crippen molar-refractivity contribution in [3.8, 4) is 0 Å². The van der Waals surface area contributed by atoms with E-state index in [2.05, 4.69) is 11.8 Å². The molecule has 2 atom stereocenters. The van der Waals surface area contributed by atoms with Gasteiger partial charge in [0.05, 0.1) is 0 Å². The van der Waals surface area contributed by atoms with E-state index in [4.69, 9.17) is 11.6 Å². The van der Waals surface area contributed by atoms with Gasteiger partial charge >= 0.3 is 0 Å². The molecule has 0 aliphatic rings. The summed E-state index contributed by atoms with van der Waals surface area (Å²) in [7, 11) is 4.06. The van der Waals surface area contributed by atoms with Crippen LogP contribution >= 0.6 is 24.0 Å². The molecule has 0 aliphatic heterocycles. The topological polar surface area (TPSA) is 3.24 Å². The molecule has 0 bridgehead atoms. The van der Waals surface area contributed by atoms with Gasteiger partial charge in [-0.3, -0.25) is 0 Å². The van der Waals surface area contributed by atoms with Gasteiger partial charge in [0.15, 0.2) is 0 Å². The molecule has 0 spiro atoms. The van der Waals surface area contributed by atoms with Crippen LogP contribution in [-0.2, 0) is 0 Å². The lowest BCUT2D eigenvalue weighted by atomic mass is 10.2. The fourth-order valence-corrected chi connectivity index (χ4v) is 0.636. The summed E-state index contributed by atoms with van der Waals surface area (Å²) in [4.78, 5) is 2.11. The van der Waals surface area contributed by atoms with Gasteiger partial charge in [-0.2, -0.15) is 0 Å². The van der Waals surface area contributed by atoms with Crippen LogP contribution in [0.3, 0.4) is 0 Å². The molecule has 9 heavy (non-hydrogen) atoms. The number of hydrogen-bond acceptors (Lipinski definition) is 1. The molecular weight excluding hydrogens is 157 g/mol. The predicted octanol–water partition coefficient (Wildman–Crippen LogP) is 1.99. The molecule has 3 heteroatoms. The van der Waals surface area contributed by atoms with Crippen molar-refractivity contribution in [2.24, 2.45) is 0 Å².